The monoisotopic (exact) mass is 737 g/mol. The third kappa shape index (κ3) is 5.25. The zero-order chi connectivity index (χ0) is 38.5. The minimum absolute atomic E-state index is 0.520. The fourth-order valence-electron chi connectivity index (χ4n) is 9.69. The first-order valence-electron chi connectivity index (χ1n) is 20.1. The van der Waals surface area contributed by atoms with Crippen LogP contribution >= 0.6 is 0 Å². The fraction of sp³-hybridized carbons (Fsp3) is 0.0175. The van der Waals surface area contributed by atoms with E-state index < -0.39 is 5.41 Å². The summed E-state index contributed by atoms with van der Waals surface area (Å²) >= 11 is 0. The quantitative estimate of drug-likeness (QED) is 0.147. The van der Waals surface area contributed by atoms with Crippen LogP contribution in [0.2, 0.25) is 0 Å². The standard InChI is InChI=1S/C57H39N/c1-5-20-40(21-6-1)47-37-36-45(39-51(47)41-22-7-2-8-23-41)58(55-38-42-24-13-14-29-46(42)48-30-15-16-31-49(48)55)54-35-19-34-53-56(54)50-32-17-18-33-52(50)57(53,43-25-9-3-10-26-43)44-27-11-4-12-28-44/h1-39H. The molecule has 1 aliphatic rings. The Morgan fingerprint density at radius 1 is 0.310 bits per heavy atom. The normalized spacial score (nSPS) is 12.6. The molecule has 0 fully saturated rings. The number of hydrogen-bond donors (Lipinski definition) is 0. The molecule has 0 unspecified atom stereocenters. The van der Waals surface area contributed by atoms with Crippen molar-refractivity contribution in [2.45, 2.75) is 5.41 Å². The number of anilines is 3. The van der Waals surface area contributed by atoms with Crippen molar-refractivity contribution in [2.75, 3.05) is 4.90 Å². The van der Waals surface area contributed by atoms with Gasteiger partial charge in [-0.2, -0.15) is 0 Å². The van der Waals surface area contributed by atoms with Crippen molar-refractivity contribution >= 4 is 38.6 Å². The highest BCUT2D eigenvalue weighted by atomic mass is 15.1. The third-order valence-corrected chi connectivity index (χ3v) is 12.1. The van der Waals surface area contributed by atoms with Gasteiger partial charge in [0.15, 0.2) is 0 Å². The second-order valence-electron chi connectivity index (χ2n) is 15.2. The zero-order valence-electron chi connectivity index (χ0n) is 32.0. The molecule has 0 N–H and O–H groups in total. The van der Waals surface area contributed by atoms with Crippen LogP contribution in [-0.4, -0.2) is 0 Å². The molecule has 0 radical (unpaired) electrons. The van der Waals surface area contributed by atoms with Crippen molar-refractivity contribution in [3.63, 3.8) is 0 Å². The van der Waals surface area contributed by atoms with Gasteiger partial charge in [0.1, 0.15) is 0 Å². The molecular weight excluding hydrogens is 699 g/mol. The highest BCUT2D eigenvalue weighted by Gasteiger charge is 2.47. The van der Waals surface area contributed by atoms with E-state index in [0.717, 1.165) is 17.1 Å². The van der Waals surface area contributed by atoms with Crippen LogP contribution in [0.1, 0.15) is 22.3 Å². The zero-order valence-corrected chi connectivity index (χ0v) is 32.0. The van der Waals surface area contributed by atoms with Gasteiger partial charge in [-0.3, -0.25) is 0 Å². The Hall–Kier alpha value is -7.48. The van der Waals surface area contributed by atoms with E-state index in [1.165, 1.54) is 77.2 Å². The maximum atomic E-state index is 2.54. The van der Waals surface area contributed by atoms with Crippen molar-refractivity contribution < 1.29 is 0 Å². The lowest BCUT2D eigenvalue weighted by atomic mass is 9.68. The molecule has 1 heteroatoms. The lowest BCUT2D eigenvalue weighted by Gasteiger charge is -2.34. The summed E-state index contributed by atoms with van der Waals surface area (Å²) in [4.78, 5) is 2.54. The van der Waals surface area contributed by atoms with E-state index in [9.17, 15) is 0 Å². The molecule has 0 atom stereocenters. The summed E-state index contributed by atoms with van der Waals surface area (Å²) in [5, 5.41) is 4.90. The molecule has 58 heavy (non-hydrogen) atoms. The second-order valence-corrected chi connectivity index (χ2v) is 15.2. The summed E-state index contributed by atoms with van der Waals surface area (Å²) in [6.07, 6.45) is 0. The van der Waals surface area contributed by atoms with Gasteiger partial charge in [-0.25, -0.2) is 0 Å². The van der Waals surface area contributed by atoms with Crippen molar-refractivity contribution in [1.29, 1.82) is 0 Å². The first-order chi connectivity index (χ1) is 28.8. The van der Waals surface area contributed by atoms with Crippen molar-refractivity contribution in [2.24, 2.45) is 0 Å². The topological polar surface area (TPSA) is 3.24 Å². The highest BCUT2D eigenvalue weighted by molar-refractivity contribution is 6.15. The molecule has 11 rings (SSSR count). The molecule has 10 aromatic carbocycles. The molecule has 0 spiro atoms. The average Bonchev–Trinajstić information content (AvgIpc) is 3.62. The molecule has 0 saturated carbocycles. The summed E-state index contributed by atoms with van der Waals surface area (Å²) < 4.78 is 0. The van der Waals surface area contributed by atoms with E-state index in [-0.39, 0.29) is 0 Å². The Balaban J connectivity index is 1.27. The number of benzene rings is 10. The predicted octanol–water partition coefficient (Wildman–Crippen LogP) is 15.2. The van der Waals surface area contributed by atoms with Crippen LogP contribution in [0.4, 0.5) is 17.1 Å². The van der Waals surface area contributed by atoms with Gasteiger partial charge in [-0.15, -0.1) is 0 Å². The van der Waals surface area contributed by atoms with Crippen molar-refractivity contribution in [3.05, 3.63) is 259 Å². The molecule has 0 aliphatic heterocycles. The van der Waals surface area contributed by atoms with Crippen LogP contribution in [0, 0.1) is 0 Å². The van der Waals surface area contributed by atoms with E-state index in [1.807, 2.05) is 0 Å². The van der Waals surface area contributed by atoms with Crippen LogP contribution in [0.15, 0.2) is 237 Å². The Morgan fingerprint density at radius 3 is 1.53 bits per heavy atom. The SMILES string of the molecule is c1ccc(-c2ccc(N(c3cccc4c3-c3ccccc3C4(c3ccccc3)c3ccccc3)c3cc4ccccc4c4ccccc34)cc2-c2ccccc2)cc1. The second kappa shape index (κ2) is 13.9. The third-order valence-electron chi connectivity index (χ3n) is 12.1. The minimum atomic E-state index is -0.520. The lowest BCUT2D eigenvalue weighted by molar-refractivity contribution is 0.768. The molecule has 272 valence electrons. The molecular formula is C57H39N. The number of nitrogens with zero attached hydrogens (tertiary/aromatic N) is 1. The van der Waals surface area contributed by atoms with Crippen LogP contribution < -0.4 is 4.90 Å². The number of fused-ring (bicyclic) bond motifs is 6. The summed E-state index contributed by atoms with van der Waals surface area (Å²) in [5.74, 6) is 0. The molecule has 0 heterocycles. The van der Waals surface area contributed by atoms with Gasteiger partial charge in [0.2, 0.25) is 0 Å². The van der Waals surface area contributed by atoms with Crippen molar-refractivity contribution in [1.82, 2.24) is 0 Å². The minimum Gasteiger partial charge on any atom is -0.309 e. The molecule has 0 amide bonds. The fourth-order valence-corrected chi connectivity index (χ4v) is 9.69. The van der Waals surface area contributed by atoms with E-state index >= 15 is 0 Å². The summed E-state index contributed by atoms with van der Waals surface area (Å²) in [6.45, 7) is 0. The number of rotatable bonds is 7. The summed E-state index contributed by atoms with van der Waals surface area (Å²) in [6, 6.07) is 86.9. The Labute approximate surface area is 339 Å². The molecule has 10 aromatic rings. The maximum absolute atomic E-state index is 2.54. The van der Waals surface area contributed by atoms with E-state index in [0.29, 0.717) is 0 Å². The van der Waals surface area contributed by atoms with Gasteiger partial charge in [0.05, 0.1) is 16.8 Å². The maximum Gasteiger partial charge on any atom is 0.0714 e. The van der Waals surface area contributed by atoms with Crippen LogP contribution in [0.25, 0.3) is 54.9 Å². The lowest BCUT2D eigenvalue weighted by Crippen LogP contribution is -2.28. The molecule has 0 aromatic heterocycles. The van der Waals surface area contributed by atoms with Crippen molar-refractivity contribution in [3.8, 4) is 33.4 Å². The Bertz CT molecular complexity index is 3060. The molecule has 0 bridgehead atoms. The first kappa shape index (κ1) is 33.8. The van der Waals surface area contributed by atoms with E-state index in [2.05, 4.69) is 241 Å². The summed E-state index contributed by atoms with van der Waals surface area (Å²) in [5.41, 5.74) is 15.2. The number of hydrogen-bond acceptors (Lipinski definition) is 1. The molecule has 1 nitrogen and oxygen atoms in total. The Morgan fingerprint density at radius 2 is 0.845 bits per heavy atom. The van der Waals surface area contributed by atoms with Crippen LogP contribution in [0.3, 0.4) is 0 Å². The van der Waals surface area contributed by atoms with Gasteiger partial charge in [-0.05, 0) is 90.5 Å². The van der Waals surface area contributed by atoms with Gasteiger partial charge in [0.25, 0.3) is 0 Å². The molecule has 1 aliphatic carbocycles. The highest BCUT2D eigenvalue weighted by Crippen LogP contribution is 2.60. The largest absolute Gasteiger partial charge is 0.309 e. The summed E-state index contributed by atoms with van der Waals surface area (Å²) in [7, 11) is 0. The van der Waals surface area contributed by atoms with E-state index in [4.69, 9.17) is 0 Å². The van der Waals surface area contributed by atoms with Gasteiger partial charge in [0, 0.05) is 16.6 Å². The first-order valence-corrected chi connectivity index (χ1v) is 20.1. The van der Waals surface area contributed by atoms with Gasteiger partial charge in [-0.1, -0.05) is 212 Å². The molecule has 0 saturated heterocycles. The Kier molecular flexibility index (Phi) is 8.12. The predicted molar refractivity (Wildman–Crippen MR) is 244 cm³/mol. The van der Waals surface area contributed by atoms with Gasteiger partial charge < -0.3 is 4.90 Å². The van der Waals surface area contributed by atoms with Crippen LogP contribution in [-0.2, 0) is 5.41 Å². The van der Waals surface area contributed by atoms with Crippen LogP contribution in [0.5, 0.6) is 0 Å². The van der Waals surface area contributed by atoms with Gasteiger partial charge >= 0.3 is 0 Å². The average molecular weight is 738 g/mol. The van der Waals surface area contributed by atoms with E-state index in [1.54, 1.807) is 0 Å². The smallest absolute Gasteiger partial charge is 0.0714 e.